The molecule has 0 aromatic heterocycles. The topological polar surface area (TPSA) is 69.7 Å². The zero-order valence-corrected chi connectivity index (χ0v) is 18.3. The van der Waals surface area contributed by atoms with Gasteiger partial charge >= 0.3 is 10.2 Å². The van der Waals surface area contributed by atoms with Gasteiger partial charge in [-0.3, -0.25) is 4.79 Å². The van der Waals surface area contributed by atoms with Crippen molar-refractivity contribution in [1.29, 1.82) is 0 Å². The summed E-state index contributed by atoms with van der Waals surface area (Å²) in [5.74, 6) is -0.307. The molecular weight excluding hydrogens is 386 g/mol. The minimum atomic E-state index is -3.82. The van der Waals surface area contributed by atoms with Gasteiger partial charge in [0.05, 0.1) is 11.7 Å². The first-order chi connectivity index (χ1) is 13.7. The number of nitrogens with one attached hydrogen (secondary N) is 1. The van der Waals surface area contributed by atoms with E-state index >= 15 is 0 Å². The predicted molar refractivity (Wildman–Crippen MR) is 116 cm³/mol. The monoisotopic (exact) mass is 415 g/mol. The van der Waals surface area contributed by atoms with Gasteiger partial charge in [0.25, 0.3) is 0 Å². The molecule has 156 valence electrons. The van der Waals surface area contributed by atoms with Crippen molar-refractivity contribution in [3.63, 3.8) is 0 Å². The van der Waals surface area contributed by atoms with Crippen LogP contribution in [0.15, 0.2) is 42.5 Å². The molecule has 0 heterocycles. The normalized spacial score (nSPS) is 16.4. The van der Waals surface area contributed by atoms with E-state index in [9.17, 15) is 13.2 Å². The van der Waals surface area contributed by atoms with Crippen LogP contribution in [0.25, 0.3) is 0 Å². The van der Waals surface area contributed by atoms with E-state index in [0.29, 0.717) is 5.69 Å². The van der Waals surface area contributed by atoms with E-state index in [-0.39, 0.29) is 18.5 Å². The number of nitrogens with zero attached hydrogens (tertiary/aromatic N) is 2. The van der Waals surface area contributed by atoms with Crippen molar-refractivity contribution in [3.05, 3.63) is 64.7 Å². The van der Waals surface area contributed by atoms with Gasteiger partial charge < -0.3 is 5.32 Å². The van der Waals surface area contributed by atoms with Crippen LogP contribution in [0.3, 0.4) is 0 Å². The largest absolute Gasteiger partial charge is 0.348 e. The number of benzene rings is 2. The lowest BCUT2D eigenvalue weighted by Gasteiger charge is -2.30. The highest BCUT2D eigenvalue weighted by molar-refractivity contribution is 7.90. The molecule has 1 atom stereocenters. The molecule has 0 spiro atoms. The lowest BCUT2D eigenvalue weighted by Crippen LogP contribution is -2.46. The zero-order valence-electron chi connectivity index (χ0n) is 17.5. The van der Waals surface area contributed by atoms with Gasteiger partial charge in [0.15, 0.2) is 0 Å². The Hall–Kier alpha value is -2.38. The van der Waals surface area contributed by atoms with E-state index < -0.39 is 10.2 Å². The van der Waals surface area contributed by atoms with Crippen molar-refractivity contribution in [1.82, 2.24) is 9.62 Å². The number of carbonyl (C=O) groups is 1. The molecule has 2 aromatic rings. The third-order valence-corrected chi connectivity index (χ3v) is 7.17. The molecule has 0 aliphatic heterocycles. The van der Waals surface area contributed by atoms with E-state index in [1.54, 1.807) is 6.07 Å². The Balaban J connectivity index is 1.87. The maximum Gasteiger partial charge on any atom is 0.304 e. The van der Waals surface area contributed by atoms with Crippen molar-refractivity contribution < 1.29 is 13.2 Å². The first-order valence-electron chi connectivity index (χ1n) is 9.84. The number of hydrogen-bond acceptors (Lipinski definition) is 3. The predicted octanol–water partition coefficient (Wildman–Crippen LogP) is 3.11. The quantitative estimate of drug-likeness (QED) is 0.788. The molecule has 7 heteroatoms. The highest BCUT2D eigenvalue weighted by atomic mass is 32.2. The summed E-state index contributed by atoms with van der Waals surface area (Å²) < 4.78 is 28.3. The Kier molecular flexibility index (Phi) is 6.29. The first kappa shape index (κ1) is 21.3. The summed E-state index contributed by atoms with van der Waals surface area (Å²) in [6, 6.07) is 13.6. The highest BCUT2D eigenvalue weighted by Gasteiger charge is 2.30. The molecule has 0 radical (unpaired) electrons. The SMILES string of the molecule is Cc1ccc(C)c(N(CC(=O)N[C@@H]2CCCc3ccccc32)S(=O)(=O)N(C)C)c1. The van der Waals surface area contributed by atoms with E-state index in [1.165, 1.54) is 24.0 Å². The van der Waals surface area contributed by atoms with Crippen LogP contribution in [-0.4, -0.2) is 39.3 Å². The van der Waals surface area contributed by atoms with Crippen molar-refractivity contribution in [2.45, 2.75) is 39.2 Å². The van der Waals surface area contributed by atoms with E-state index in [1.807, 2.05) is 44.2 Å². The van der Waals surface area contributed by atoms with Crippen molar-refractivity contribution in [2.75, 3.05) is 24.9 Å². The number of carbonyl (C=O) groups excluding carboxylic acids is 1. The number of amides is 1. The summed E-state index contributed by atoms with van der Waals surface area (Å²) in [5, 5.41) is 3.06. The molecule has 0 saturated carbocycles. The van der Waals surface area contributed by atoms with E-state index in [2.05, 4.69) is 11.4 Å². The van der Waals surface area contributed by atoms with Gasteiger partial charge in [0, 0.05) is 14.1 Å². The fraction of sp³-hybridized carbons (Fsp3) is 0.409. The second-order valence-corrected chi connectivity index (χ2v) is 9.86. The molecule has 29 heavy (non-hydrogen) atoms. The molecule has 0 fully saturated rings. The van der Waals surface area contributed by atoms with Crippen LogP contribution in [0, 0.1) is 13.8 Å². The van der Waals surface area contributed by atoms with Gasteiger partial charge in [-0.25, -0.2) is 4.31 Å². The van der Waals surface area contributed by atoms with Gasteiger partial charge in [0.1, 0.15) is 6.54 Å². The Bertz CT molecular complexity index is 1000. The zero-order chi connectivity index (χ0) is 21.2. The van der Waals surface area contributed by atoms with Crippen LogP contribution in [0.5, 0.6) is 0 Å². The Morgan fingerprint density at radius 3 is 2.59 bits per heavy atom. The minimum absolute atomic E-state index is 0.0880. The van der Waals surface area contributed by atoms with Crippen molar-refractivity contribution >= 4 is 21.8 Å². The molecule has 2 aromatic carbocycles. The van der Waals surface area contributed by atoms with Crippen molar-refractivity contribution in [2.24, 2.45) is 0 Å². The summed E-state index contributed by atoms with van der Waals surface area (Å²) in [6.07, 6.45) is 2.86. The molecule has 0 unspecified atom stereocenters. The number of anilines is 1. The average molecular weight is 416 g/mol. The van der Waals surface area contributed by atoms with E-state index in [0.717, 1.165) is 40.3 Å². The standard InChI is InChI=1S/C22H29N3O3S/c1-16-12-13-17(2)21(14-16)25(29(27,28)24(3)4)15-22(26)23-20-11-7-9-18-8-5-6-10-19(18)20/h5-6,8,10,12-14,20H,7,9,11,15H2,1-4H3,(H,23,26)/t20-/m1/s1. The lowest BCUT2D eigenvalue weighted by molar-refractivity contribution is -0.120. The third kappa shape index (κ3) is 4.62. The first-order valence-corrected chi connectivity index (χ1v) is 11.2. The van der Waals surface area contributed by atoms with Crippen molar-refractivity contribution in [3.8, 4) is 0 Å². The van der Waals surface area contributed by atoms with Crippen LogP contribution in [0.4, 0.5) is 5.69 Å². The summed E-state index contributed by atoms with van der Waals surface area (Å²) in [7, 11) is -0.872. The Morgan fingerprint density at radius 2 is 1.86 bits per heavy atom. The molecule has 0 saturated heterocycles. The maximum atomic E-state index is 13.0. The number of hydrogen-bond donors (Lipinski definition) is 1. The van der Waals surface area contributed by atoms with Crippen LogP contribution in [0.1, 0.15) is 41.1 Å². The van der Waals surface area contributed by atoms with E-state index in [4.69, 9.17) is 0 Å². The number of rotatable bonds is 6. The number of fused-ring (bicyclic) bond motifs is 1. The fourth-order valence-corrected chi connectivity index (χ4v) is 4.87. The van der Waals surface area contributed by atoms with Crippen LogP contribution in [0.2, 0.25) is 0 Å². The summed E-state index contributed by atoms with van der Waals surface area (Å²) in [6.45, 7) is 3.49. The Labute approximate surface area is 173 Å². The molecule has 0 bridgehead atoms. The number of aryl methyl sites for hydroxylation is 3. The minimum Gasteiger partial charge on any atom is -0.348 e. The molecule has 6 nitrogen and oxygen atoms in total. The molecule has 3 rings (SSSR count). The van der Waals surface area contributed by atoms with Gasteiger partial charge in [-0.1, -0.05) is 36.4 Å². The smallest absolute Gasteiger partial charge is 0.304 e. The molecular formula is C22H29N3O3S. The Morgan fingerprint density at radius 1 is 1.14 bits per heavy atom. The highest BCUT2D eigenvalue weighted by Crippen LogP contribution is 2.30. The molecule has 1 N–H and O–H groups in total. The molecule has 1 aliphatic rings. The fourth-order valence-electron chi connectivity index (χ4n) is 3.75. The molecule has 1 amide bonds. The lowest BCUT2D eigenvalue weighted by atomic mass is 9.88. The van der Waals surface area contributed by atoms with Crippen LogP contribution in [-0.2, 0) is 21.4 Å². The summed E-state index contributed by atoms with van der Waals surface area (Å²) >= 11 is 0. The summed E-state index contributed by atoms with van der Waals surface area (Å²) in [4.78, 5) is 12.9. The summed E-state index contributed by atoms with van der Waals surface area (Å²) in [5.41, 5.74) is 4.64. The van der Waals surface area contributed by atoms with Crippen LogP contribution < -0.4 is 9.62 Å². The molecule has 1 aliphatic carbocycles. The second kappa shape index (κ2) is 8.55. The van der Waals surface area contributed by atoms with Gasteiger partial charge in [-0.2, -0.15) is 12.7 Å². The van der Waals surface area contributed by atoms with Gasteiger partial charge in [-0.05, 0) is 61.4 Å². The second-order valence-electron chi connectivity index (χ2n) is 7.80. The van der Waals surface area contributed by atoms with Gasteiger partial charge in [-0.15, -0.1) is 0 Å². The van der Waals surface area contributed by atoms with Crippen LogP contribution >= 0.6 is 0 Å². The maximum absolute atomic E-state index is 13.0. The third-order valence-electron chi connectivity index (χ3n) is 5.37. The van der Waals surface area contributed by atoms with Gasteiger partial charge in [0.2, 0.25) is 5.91 Å². The average Bonchev–Trinajstić information content (AvgIpc) is 2.68.